The van der Waals surface area contributed by atoms with Gasteiger partial charge in [0.15, 0.2) is 0 Å². The van der Waals surface area contributed by atoms with Crippen molar-refractivity contribution in [3.05, 3.63) is 59.0 Å². The van der Waals surface area contributed by atoms with Gasteiger partial charge in [0, 0.05) is 18.7 Å². The van der Waals surface area contributed by atoms with E-state index in [9.17, 15) is 15.3 Å². The normalized spacial score (nSPS) is 22.1. The molecule has 5 rings (SSSR count). The number of nitrogens with one attached hydrogen (secondary N) is 2. The number of anilines is 2. The molecular formula is C28H34N6O3S. The van der Waals surface area contributed by atoms with E-state index in [0.717, 1.165) is 44.2 Å². The van der Waals surface area contributed by atoms with Crippen LogP contribution in [-0.2, 0) is 6.42 Å². The number of rotatable bonds is 8. The minimum absolute atomic E-state index is 0.0352. The van der Waals surface area contributed by atoms with Gasteiger partial charge in [-0.2, -0.15) is 4.98 Å². The molecule has 1 aromatic carbocycles. The Morgan fingerprint density at radius 1 is 1.05 bits per heavy atom. The SMILES string of the molecule is CCc1nccc2sc(-c3c(C)nc(NC(C)c4ccc(C)cc4)nc3NC3CC(CO)C(O)C3O)nc12. The number of aliphatic hydroxyl groups is 3. The first kappa shape index (κ1) is 26.4. The second-order valence-electron chi connectivity index (χ2n) is 10.0. The molecule has 5 N–H and O–H groups in total. The van der Waals surface area contributed by atoms with E-state index in [4.69, 9.17) is 15.0 Å². The molecule has 1 saturated carbocycles. The first-order valence-electron chi connectivity index (χ1n) is 13.0. The van der Waals surface area contributed by atoms with Gasteiger partial charge in [-0.25, -0.2) is 9.97 Å². The fourth-order valence-corrected chi connectivity index (χ4v) is 6.11. The Bertz CT molecular complexity index is 1430. The second kappa shape index (κ2) is 10.9. The molecule has 5 atom stereocenters. The summed E-state index contributed by atoms with van der Waals surface area (Å²) in [5.74, 6) is 0.565. The number of pyridine rings is 1. The standard InChI is InChI=1S/C28H34N6O3S/c1-5-19-23-21(10-11-29-19)38-27(33-23)22-16(4)31-28(30-15(3)17-8-6-14(2)7-9-17)34-26(22)32-20-12-18(13-35)24(36)25(20)37/h6-11,15,18,20,24-25,35-37H,5,12-13H2,1-4H3,(H2,30,31,32,34). The molecule has 200 valence electrons. The molecule has 0 bridgehead atoms. The van der Waals surface area contributed by atoms with Gasteiger partial charge in [0.2, 0.25) is 5.95 Å². The summed E-state index contributed by atoms with van der Waals surface area (Å²) in [7, 11) is 0. The number of aromatic nitrogens is 4. The number of benzene rings is 1. The van der Waals surface area contributed by atoms with Crippen LogP contribution < -0.4 is 10.6 Å². The number of aliphatic hydroxyl groups excluding tert-OH is 3. The van der Waals surface area contributed by atoms with Crippen molar-refractivity contribution in [3.63, 3.8) is 0 Å². The van der Waals surface area contributed by atoms with Crippen LogP contribution in [0.3, 0.4) is 0 Å². The summed E-state index contributed by atoms with van der Waals surface area (Å²) >= 11 is 1.55. The smallest absolute Gasteiger partial charge is 0.225 e. The summed E-state index contributed by atoms with van der Waals surface area (Å²) in [5.41, 5.74) is 5.59. The number of nitrogens with zero attached hydrogens (tertiary/aromatic N) is 4. The van der Waals surface area contributed by atoms with E-state index < -0.39 is 24.2 Å². The minimum Gasteiger partial charge on any atom is -0.396 e. The average Bonchev–Trinajstić information content (AvgIpc) is 3.45. The molecule has 38 heavy (non-hydrogen) atoms. The Morgan fingerprint density at radius 2 is 1.82 bits per heavy atom. The van der Waals surface area contributed by atoms with E-state index in [1.54, 1.807) is 17.5 Å². The van der Waals surface area contributed by atoms with Crippen molar-refractivity contribution >= 4 is 33.3 Å². The molecule has 0 spiro atoms. The molecule has 0 amide bonds. The number of hydrogen-bond donors (Lipinski definition) is 5. The fourth-order valence-electron chi connectivity index (χ4n) is 5.03. The molecule has 0 radical (unpaired) electrons. The molecule has 1 aliphatic carbocycles. The number of aryl methyl sites for hydroxylation is 3. The summed E-state index contributed by atoms with van der Waals surface area (Å²) in [6, 6.07) is 9.75. The Morgan fingerprint density at radius 3 is 2.50 bits per heavy atom. The summed E-state index contributed by atoms with van der Waals surface area (Å²) in [6.07, 6.45) is 0.938. The van der Waals surface area contributed by atoms with Crippen LogP contribution >= 0.6 is 11.3 Å². The first-order valence-corrected chi connectivity index (χ1v) is 13.8. The summed E-state index contributed by atoms with van der Waals surface area (Å²) in [6.45, 7) is 7.90. The minimum atomic E-state index is -1.04. The first-order chi connectivity index (χ1) is 18.3. The average molecular weight is 535 g/mol. The Kier molecular flexibility index (Phi) is 7.58. The van der Waals surface area contributed by atoms with E-state index in [0.29, 0.717) is 18.2 Å². The highest BCUT2D eigenvalue weighted by Gasteiger charge is 2.41. The third-order valence-electron chi connectivity index (χ3n) is 7.30. The summed E-state index contributed by atoms with van der Waals surface area (Å²) in [5, 5.41) is 38.3. The summed E-state index contributed by atoms with van der Waals surface area (Å²) < 4.78 is 1.03. The molecule has 1 fully saturated rings. The van der Waals surface area contributed by atoms with Crippen LogP contribution in [0.4, 0.5) is 11.8 Å². The van der Waals surface area contributed by atoms with Gasteiger partial charge in [-0.1, -0.05) is 36.8 Å². The predicted octanol–water partition coefficient (Wildman–Crippen LogP) is 4.02. The highest BCUT2D eigenvalue weighted by molar-refractivity contribution is 7.21. The highest BCUT2D eigenvalue weighted by atomic mass is 32.1. The van der Waals surface area contributed by atoms with Crippen LogP contribution in [0.1, 0.15) is 48.8 Å². The van der Waals surface area contributed by atoms with Crippen LogP contribution in [0.25, 0.3) is 20.8 Å². The molecule has 10 heteroatoms. The van der Waals surface area contributed by atoms with Gasteiger partial charge in [-0.3, -0.25) is 4.98 Å². The molecule has 3 heterocycles. The van der Waals surface area contributed by atoms with Gasteiger partial charge < -0.3 is 26.0 Å². The topological polar surface area (TPSA) is 136 Å². The number of hydrogen-bond acceptors (Lipinski definition) is 10. The van der Waals surface area contributed by atoms with Crippen LogP contribution in [0.15, 0.2) is 36.5 Å². The largest absolute Gasteiger partial charge is 0.396 e. The molecule has 1 aliphatic rings. The van der Waals surface area contributed by atoms with Crippen LogP contribution in [-0.4, -0.2) is 60.1 Å². The van der Waals surface area contributed by atoms with E-state index in [-0.39, 0.29) is 12.6 Å². The van der Waals surface area contributed by atoms with Crippen LogP contribution in [0.5, 0.6) is 0 Å². The molecule has 4 aromatic rings. The monoisotopic (exact) mass is 534 g/mol. The lowest BCUT2D eigenvalue weighted by atomic mass is 10.1. The van der Waals surface area contributed by atoms with Gasteiger partial charge in [0.25, 0.3) is 0 Å². The summed E-state index contributed by atoms with van der Waals surface area (Å²) in [4.78, 5) is 19.0. The Balaban J connectivity index is 1.55. The molecule has 5 unspecified atom stereocenters. The fraction of sp³-hybridized carbons (Fsp3) is 0.429. The Hall–Kier alpha value is -3.18. The predicted molar refractivity (Wildman–Crippen MR) is 150 cm³/mol. The van der Waals surface area contributed by atoms with E-state index in [1.165, 1.54) is 5.56 Å². The lowest BCUT2D eigenvalue weighted by Crippen LogP contribution is -2.35. The van der Waals surface area contributed by atoms with Crippen molar-refractivity contribution in [2.45, 2.75) is 64.8 Å². The molecule has 3 aromatic heterocycles. The van der Waals surface area contributed by atoms with Crippen molar-refractivity contribution in [1.29, 1.82) is 0 Å². The van der Waals surface area contributed by atoms with Gasteiger partial charge in [-0.15, -0.1) is 11.3 Å². The number of thiazole rings is 1. The lowest BCUT2D eigenvalue weighted by molar-refractivity contribution is 0.00446. The number of fused-ring (bicyclic) bond motifs is 1. The van der Waals surface area contributed by atoms with Crippen LogP contribution in [0, 0.1) is 19.8 Å². The van der Waals surface area contributed by atoms with Crippen molar-refractivity contribution in [2.75, 3.05) is 17.2 Å². The molecule has 0 saturated heterocycles. The van der Waals surface area contributed by atoms with Crippen molar-refractivity contribution < 1.29 is 15.3 Å². The van der Waals surface area contributed by atoms with Gasteiger partial charge in [-0.05, 0) is 45.2 Å². The zero-order valence-electron chi connectivity index (χ0n) is 22.0. The maximum Gasteiger partial charge on any atom is 0.225 e. The molecule has 9 nitrogen and oxygen atoms in total. The molecule has 0 aliphatic heterocycles. The van der Waals surface area contributed by atoms with Gasteiger partial charge >= 0.3 is 0 Å². The zero-order valence-corrected chi connectivity index (χ0v) is 22.8. The maximum atomic E-state index is 10.7. The van der Waals surface area contributed by atoms with Crippen molar-refractivity contribution in [1.82, 2.24) is 19.9 Å². The van der Waals surface area contributed by atoms with Crippen molar-refractivity contribution in [3.8, 4) is 10.6 Å². The van der Waals surface area contributed by atoms with Gasteiger partial charge in [0.05, 0.1) is 39.8 Å². The zero-order chi connectivity index (χ0) is 27.0. The van der Waals surface area contributed by atoms with Crippen molar-refractivity contribution in [2.24, 2.45) is 5.92 Å². The van der Waals surface area contributed by atoms with Gasteiger partial charge in [0.1, 0.15) is 22.4 Å². The molecular weight excluding hydrogens is 500 g/mol. The maximum absolute atomic E-state index is 10.7. The lowest BCUT2D eigenvalue weighted by Gasteiger charge is -2.22. The second-order valence-corrected chi connectivity index (χ2v) is 11.1. The quantitative estimate of drug-likeness (QED) is 0.227. The highest BCUT2D eigenvalue weighted by Crippen LogP contribution is 2.39. The van der Waals surface area contributed by atoms with Crippen LogP contribution in [0.2, 0.25) is 0 Å². The third-order valence-corrected chi connectivity index (χ3v) is 8.34. The van der Waals surface area contributed by atoms with E-state index >= 15 is 0 Å². The van der Waals surface area contributed by atoms with E-state index in [1.807, 2.05) is 13.0 Å². The van der Waals surface area contributed by atoms with E-state index in [2.05, 4.69) is 60.7 Å². The Labute approximate surface area is 226 Å². The third kappa shape index (κ3) is 5.09.